The molecule has 1 aliphatic heterocycles. The summed E-state index contributed by atoms with van der Waals surface area (Å²) in [6.07, 6.45) is 0. The molecular weight excluding hydrogens is 355 g/mol. The molecule has 1 aromatic carbocycles. The van der Waals surface area contributed by atoms with Crippen LogP contribution in [-0.2, 0) is 5.28 Å². The van der Waals surface area contributed by atoms with Crippen LogP contribution in [0, 0.1) is 5.92 Å². The van der Waals surface area contributed by atoms with Gasteiger partial charge in [0.1, 0.15) is 5.28 Å². The van der Waals surface area contributed by atoms with Gasteiger partial charge in [0, 0.05) is 7.27 Å². The van der Waals surface area contributed by atoms with Crippen LogP contribution in [0.5, 0.6) is 0 Å². The van der Waals surface area contributed by atoms with Crippen LogP contribution in [-0.4, -0.2) is 20.7 Å². The first-order valence-electron chi connectivity index (χ1n) is 8.37. The van der Waals surface area contributed by atoms with Gasteiger partial charge in [-0.3, -0.25) is 0 Å². The Balaban J connectivity index is 2.71. The van der Waals surface area contributed by atoms with Crippen molar-refractivity contribution < 1.29 is 0 Å². The molecule has 1 heterocycles. The van der Waals surface area contributed by atoms with Crippen molar-refractivity contribution >= 4 is 34.7 Å². The van der Waals surface area contributed by atoms with Crippen molar-refractivity contribution in [2.24, 2.45) is 16.1 Å². The molecule has 2 nitrogen and oxygen atoms in total. The largest absolute Gasteiger partial charge is 0.187 e. The Morgan fingerprint density at radius 2 is 1.39 bits per heavy atom. The lowest BCUT2D eigenvalue weighted by Crippen LogP contribution is -2.63. The average Bonchev–Trinajstić information content (AvgIpc) is 2.74. The molecule has 0 spiro atoms. The van der Waals surface area contributed by atoms with E-state index >= 15 is 0 Å². The molecule has 1 aliphatic rings. The third-order valence-electron chi connectivity index (χ3n) is 5.03. The molecule has 0 fully saturated rings. The van der Waals surface area contributed by atoms with Gasteiger partial charge in [0.05, 0.1) is 20.7 Å². The van der Waals surface area contributed by atoms with E-state index in [4.69, 9.17) is 21.5 Å². The summed E-state index contributed by atoms with van der Waals surface area (Å²) < 4.78 is -0.0863. The first-order chi connectivity index (χ1) is 10.4. The van der Waals surface area contributed by atoms with Crippen molar-refractivity contribution in [2.45, 2.75) is 62.9 Å². The molecule has 23 heavy (non-hydrogen) atoms. The predicted molar refractivity (Wildman–Crippen MR) is 110 cm³/mol. The Hall–Kier alpha value is -0.0262. The van der Waals surface area contributed by atoms with Crippen LogP contribution in [0.25, 0.3) is 0 Å². The van der Waals surface area contributed by atoms with Gasteiger partial charge in [-0.1, -0.05) is 94.7 Å². The fourth-order valence-corrected chi connectivity index (χ4v) is 26.7. The molecule has 6 heteroatoms. The highest BCUT2D eigenvalue weighted by Gasteiger charge is 2.68. The van der Waals surface area contributed by atoms with E-state index in [0.717, 1.165) is 0 Å². The maximum Gasteiger partial charge on any atom is 0.143 e. The summed E-state index contributed by atoms with van der Waals surface area (Å²) in [5.41, 5.74) is 1.23. The molecule has 0 bridgehead atoms. The molecule has 0 saturated carbocycles. The van der Waals surface area contributed by atoms with Gasteiger partial charge in [-0.15, -0.1) is 0 Å². The lowest BCUT2D eigenvalue weighted by molar-refractivity contribution is 0.452. The smallest absolute Gasteiger partial charge is 0.143 e. The maximum atomic E-state index is 7.40. The van der Waals surface area contributed by atoms with Gasteiger partial charge in [-0.2, -0.15) is 10.2 Å². The quantitative estimate of drug-likeness (QED) is 0.392. The van der Waals surface area contributed by atoms with Gasteiger partial charge >= 0.3 is 0 Å². The monoisotopic (exact) mass is 384 g/mol. The average molecular weight is 385 g/mol. The second kappa shape index (κ2) is 6.05. The molecule has 2 rings (SSSR count). The molecule has 0 radical (unpaired) electrons. The highest BCUT2D eigenvalue weighted by atomic mass is 35.7. The van der Waals surface area contributed by atoms with E-state index in [9.17, 15) is 0 Å². The van der Waals surface area contributed by atoms with Crippen LogP contribution in [0.2, 0.25) is 39.3 Å². The summed E-state index contributed by atoms with van der Waals surface area (Å²) >= 11 is 7.40. The number of halogens is 1. The fourth-order valence-electron chi connectivity index (χ4n) is 4.02. The second-order valence-corrected chi connectivity index (χ2v) is 23.6. The van der Waals surface area contributed by atoms with Crippen molar-refractivity contribution in [1.29, 1.82) is 0 Å². The first kappa shape index (κ1) is 19.3. The molecular formula is C17H30ClN2PSi2. The molecule has 0 amide bonds. The van der Waals surface area contributed by atoms with Crippen LogP contribution in [0.3, 0.4) is 0 Å². The zero-order valence-electron chi connectivity index (χ0n) is 15.7. The van der Waals surface area contributed by atoms with Crippen molar-refractivity contribution in [3.63, 3.8) is 0 Å². The third-order valence-corrected chi connectivity index (χ3v) is 23.8. The zero-order valence-corrected chi connectivity index (χ0v) is 19.3. The fraction of sp³-hybridized carbons (Fsp3) is 0.647. The summed E-state index contributed by atoms with van der Waals surface area (Å²) in [4.78, 5) is 0. The van der Waals surface area contributed by atoms with Gasteiger partial charge < -0.3 is 0 Å². The van der Waals surface area contributed by atoms with E-state index in [1.165, 1.54) is 5.56 Å². The molecule has 0 aromatic heterocycles. The molecule has 2 atom stereocenters. The van der Waals surface area contributed by atoms with E-state index < -0.39 is 23.4 Å². The number of azo groups is 1. The van der Waals surface area contributed by atoms with E-state index in [2.05, 4.69) is 83.5 Å². The summed E-state index contributed by atoms with van der Waals surface area (Å²) in [5, 5.41) is 9.73. The SMILES string of the molecule is CC(C)[C@@]1(c2ccccc2)N=NC([Si](C)(C)C)([Si](C)(C)C)[P@@]1Cl. The number of nitrogens with zero attached hydrogens (tertiary/aromatic N) is 2. The Kier molecular flexibility index (Phi) is 5.08. The van der Waals surface area contributed by atoms with Crippen LogP contribution in [0.4, 0.5) is 0 Å². The zero-order chi connectivity index (χ0) is 17.7. The molecule has 1 aromatic rings. The van der Waals surface area contributed by atoms with Gasteiger partial charge in [0.2, 0.25) is 0 Å². The van der Waals surface area contributed by atoms with Crippen molar-refractivity contribution in [2.75, 3.05) is 0 Å². The lowest BCUT2D eigenvalue weighted by Gasteiger charge is -2.50. The Labute approximate surface area is 149 Å². The molecule has 128 valence electrons. The molecule has 0 unspecified atom stereocenters. The van der Waals surface area contributed by atoms with E-state index in [1.54, 1.807) is 0 Å². The molecule has 0 N–H and O–H groups in total. The summed E-state index contributed by atoms with van der Waals surface area (Å²) in [6, 6.07) is 10.6. The minimum absolute atomic E-state index is 0.0863. The Morgan fingerprint density at radius 1 is 0.913 bits per heavy atom. The van der Waals surface area contributed by atoms with Crippen LogP contribution < -0.4 is 0 Å². The lowest BCUT2D eigenvalue weighted by atomic mass is 9.96. The minimum atomic E-state index is -1.64. The topological polar surface area (TPSA) is 24.7 Å². The van der Waals surface area contributed by atoms with Crippen molar-refractivity contribution in [3.8, 4) is 0 Å². The van der Waals surface area contributed by atoms with Crippen molar-refractivity contribution in [1.82, 2.24) is 0 Å². The standard InChI is InChI=1S/C17H30ClN2PSi2/c1-14(2)16(15-12-10-9-11-13-15)19-20-17(21(16)18,22(3,4)5)23(6,7)8/h9-14H,1-8H3/t16-,21+/m1/s1. The maximum absolute atomic E-state index is 7.40. The molecule has 0 aliphatic carbocycles. The van der Waals surface area contributed by atoms with Crippen LogP contribution in [0.15, 0.2) is 40.6 Å². The Morgan fingerprint density at radius 3 is 1.74 bits per heavy atom. The number of hydrogen-bond donors (Lipinski definition) is 0. The van der Waals surface area contributed by atoms with Crippen LogP contribution in [0.1, 0.15) is 19.4 Å². The highest BCUT2D eigenvalue weighted by molar-refractivity contribution is 7.90. The van der Waals surface area contributed by atoms with E-state index in [1.807, 2.05) is 0 Å². The second-order valence-electron chi connectivity index (χ2n) is 8.90. The third kappa shape index (κ3) is 2.70. The molecule has 0 saturated heterocycles. The normalized spacial score (nSPS) is 27.7. The van der Waals surface area contributed by atoms with E-state index in [-0.39, 0.29) is 9.81 Å². The van der Waals surface area contributed by atoms with Crippen molar-refractivity contribution in [3.05, 3.63) is 35.9 Å². The predicted octanol–water partition coefficient (Wildman–Crippen LogP) is 7.05. The number of hydrogen-bond acceptors (Lipinski definition) is 2. The number of benzene rings is 1. The first-order valence-corrected chi connectivity index (χ1v) is 17.6. The van der Waals surface area contributed by atoms with Gasteiger partial charge in [0.15, 0.2) is 0 Å². The van der Waals surface area contributed by atoms with Crippen LogP contribution >= 0.6 is 18.5 Å². The summed E-state index contributed by atoms with van der Waals surface area (Å²) in [7, 11) is -4.17. The highest BCUT2D eigenvalue weighted by Crippen LogP contribution is 2.78. The van der Waals surface area contributed by atoms with E-state index in [0.29, 0.717) is 5.92 Å². The summed E-state index contributed by atoms with van der Waals surface area (Å²) in [6.45, 7) is 19.0. The van der Waals surface area contributed by atoms with Gasteiger partial charge in [-0.05, 0) is 11.5 Å². The number of rotatable bonds is 4. The Bertz CT molecular complexity index is 579. The van der Waals surface area contributed by atoms with Gasteiger partial charge in [-0.25, -0.2) is 0 Å². The summed E-state index contributed by atoms with van der Waals surface area (Å²) in [5.74, 6) is 0.340. The minimum Gasteiger partial charge on any atom is -0.187 e. The van der Waals surface area contributed by atoms with Gasteiger partial charge in [0.25, 0.3) is 0 Å².